The Labute approximate surface area is 95.6 Å². The van der Waals surface area contributed by atoms with Crippen molar-refractivity contribution in [2.24, 2.45) is 0 Å². The third kappa shape index (κ3) is 24.6. The van der Waals surface area contributed by atoms with E-state index >= 15 is 0 Å². The van der Waals surface area contributed by atoms with E-state index in [1.165, 1.54) is 7.11 Å². The minimum atomic E-state index is -0.378. The molecule has 0 bridgehead atoms. The van der Waals surface area contributed by atoms with Gasteiger partial charge in [-0.05, 0) is 6.92 Å². The molecule has 0 spiro atoms. The smallest absolute Gasteiger partial charge is 0.163 e. The van der Waals surface area contributed by atoms with Crippen LogP contribution in [0.4, 0.5) is 0 Å². The molecule has 0 aliphatic carbocycles. The Balaban J connectivity index is -0.0000000317. The maximum atomic E-state index is 10.7. The number of hydrogen-bond acceptors (Lipinski definition) is 4. The summed E-state index contributed by atoms with van der Waals surface area (Å²) in [6.45, 7) is 3.57. The van der Waals surface area contributed by atoms with E-state index in [0.29, 0.717) is 0 Å². The van der Waals surface area contributed by atoms with Gasteiger partial charge in [0.25, 0.3) is 0 Å². The summed E-state index contributed by atoms with van der Waals surface area (Å²) < 4.78 is 4.70. The Bertz CT molecular complexity index is 105. The molecule has 0 aromatic heterocycles. The molecule has 4 heteroatoms. The first kappa shape index (κ1) is 36.7. The molecule has 0 fully saturated rings. The third-order valence-corrected chi connectivity index (χ3v) is 1.17. The van der Waals surface area contributed by atoms with Crippen molar-refractivity contribution < 1.29 is 19.4 Å². The van der Waals surface area contributed by atoms with Crippen LogP contribution in [-0.4, -0.2) is 37.5 Å². The second kappa shape index (κ2) is 29.2. The molecule has 0 aliphatic heterocycles. The van der Waals surface area contributed by atoms with E-state index in [9.17, 15) is 4.79 Å². The van der Waals surface area contributed by atoms with Gasteiger partial charge in [-0.15, -0.1) is 0 Å². The topological polar surface area (TPSA) is 63.6 Å². The SMILES string of the molecule is C.C.C.C.C=O.COC(C)C(=O)CCO. The van der Waals surface area contributed by atoms with Crippen molar-refractivity contribution in [1.82, 2.24) is 0 Å². The number of aliphatic hydroxyl groups is 1. The number of ketones is 1. The van der Waals surface area contributed by atoms with Crippen LogP contribution in [-0.2, 0) is 14.3 Å². The number of rotatable bonds is 4. The first-order chi connectivity index (χ1) is 5.22. The van der Waals surface area contributed by atoms with E-state index in [1.54, 1.807) is 6.92 Å². The van der Waals surface area contributed by atoms with Crippen LogP contribution in [0.2, 0.25) is 0 Å². The molecule has 0 rings (SSSR count). The minimum absolute atomic E-state index is 0. The highest BCUT2D eigenvalue weighted by molar-refractivity contribution is 5.82. The second-order valence-electron chi connectivity index (χ2n) is 1.82. The molecule has 4 nitrogen and oxygen atoms in total. The normalized spacial score (nSPS) is 8.20. The molecule has 0 radical (unpaired) electrons. The van der Waals surface area contributed by atoms with Gasteiger partial charge in [0.15, 0.2) is 5.78 Å². The van der Waals surface area contributed by atoms with Crippen LogP contribution in [0.5, 0.6) is 0 Å². The van der Waals surface area contributed by atoms with Crippen LogP contribution < -0.4 is 0 Å². The van der Waals surface area contributed by atoms with Crippen molar-refractivity contribution in [3.63, 3.8) is 0 Å². The van der Waals surface area contributed by atoms with Gasteiger partial charge < -0.3 is 14.6 Å². The summed E-state index contributed by atoms with van der Waals surface area (Å²) in [5, 5.41) is 8.30. The Morgan fingerprint density at radius 3 is 1.80 bits per heavy atom. The quantitative estimate of drug-likeness (QED) is 0.799. The fraction of sp³-hybridized carbons (Fsp3) is 0.818. The molecule has 98 valence electrons. The van der Waals surface area contributed by atoms with E-state index in [0.717, 1.165) is 0 Å². The molecule has 1 unspecified atom stereocenters. The number of carbonyl (C=O) groups excluding carboxylic acids is 2. The Kier molecular flexibility index (Phi) is 71.6. The predicted molar refractivity (Wildman–Crippen MR) is 67.2 cm³/mol. The molecule has 1 atom stereocenters. The van der Waals surface area contributed by atoms with Crippen molar-refractivity contribution in [3.8, 4) is 0 Å². The zero-order valence-corrected chi connectivity index (χ0v) is 6.87. The number of methoxy groups -OCH3 is 1. The van der Waals surface area contributed by atoms with Gasteiger partial charge in [0.1, 0.15) is 12.9 Å². The van der Waals surface area contributed by atoms with Gasteiger partial charge in [-0.2, -0.15) is 0 Å². The number of carbonyl (C=O) groups is 2. The average Bonchev–Trinajstić information content (AvgIpc) is 2.07. The summed E-state index contributed by atoms with van der Waals surface area (Å²) in [7, 11) is 1.47. The van der Waals surface area contributed by atoms with E-state index in [4.69, 9.17) is 14.6 Å². The van der Waals surface area contributed by atoms with Gasteiger partial charge in [0.05, 0.1) is 6.61 Å². The van der Waals surface area contributed by atoms with Crippen molar-refractivity contribution in [3.05, 3.63) is 0 Å². The first-order valence-corrected chi connectivity index (χ1v) is 3.17. The zero-order valence-electron chi connectivity index (χ0n) is 6.87. The van der Waals surface area contributed by atoms with E-state index < -0.39 is 0 Å². The minimum Gasteiger partial charge on any atom is -0.396 e. The van der Waals surface area contributed by atoms with Gasteiger partial charge in [-0.1, -0.05) is 29.7 Å². The lowest BCUT2D eigenvalue weighted by Gasteiger charge is -2.05. The van der Waals surface area contributed by atoms with Crippen LogP contribution in [0, 0.1) is 0 Å². The number of ether oxygens (including phenoxy) is 1. The molecule has 0 saturated carbocycles. The fourth-order valence-corrected chi connectivity index (χ4v) is 0.445. The average molecular weight is 226 g/mol. The highest BCUT2D eigenvalue weighted by atomic mass is 16.5. The molecule has 0 aromatic carbocycles. The van der Waals surface area contributed by atoms with Crippen LogP contribution in [0.3, 0.4) is 0 Å². The van der Waals surface area contributed by atoms with Crippen molar-refractivity contribution in [2.45, 2.75) is 49.2 Å². The molecule has 0 heterocycles. The lowest BCUT2D eigenvalue weighted by molar-refractivity contribution is -0.128. The lowest BCUT2D eigenvalue weighted by Crippen LogP contribution is -2.19. The van der Waals surface area contributed by atoms with Crippen molar-refractivity contribution in [1.29, 1.82) is 0 Å². The van der Waals surface area contributed by atoms with Crippen LogP contribution in [0.25, 0.3) is 0 Å². The van der Waals surface area contributed by atoms with Gasteiger partial charge >= 0.3 is 0 Å². The summed E-state index contributed by atoms with van der Waals surface area (Å²) in [5.74, 6) is -0.0556. The Hall–Kier alpha value is -0.740. The zero-order chi connectivity index (χ0) is 9.28. The highest BCUT2D eigenvalue weighted by Crippen LogP contribution is 1.92. The van der Waals surface area contributed by atoms with Gasteiger partial charge in [0.2, 0.25) is 0 Å². The fourth-order valence-electron chi connectivity index (χ4n) is 0.445. The standard InChI is InChI=1S/C6H12O3.CH2O.4CH4/c1-5(9-2)6(8)3-4-7;1-2;;;;/h5,7H,3-4H2,1-2H3;1H2;4*1H4. The first-order valence-electron chi connectivity index (χ1n) is 3.17. The van der Waals surface area contributed by atoms with Crippen LogP contribution >= 0.6 is 0 Å². The third-order valence-electron chi connectivity index (χ3n) is 1.17. The van der Waals surface area contributed by atoms with Crippen molar-refractivity contribution >= 4 is 12.6 Å². The van der Waals surface area contributed by atoms with Crippen LogP contribution in [0.1, 0.15) is 43.1 Å². The second-order valence-corrected chi connectivity index (χ2v) is 1.82. The van der Waals surface area contributed by atoms with E-state index in [-0.39, 0.29) is 54.6 Å². The molecule has 1 N–H and O–H groups in total. The summed E-state index contributed by atoms with van der Waals surface area (Å²) in [6, 6.07) is 0. The largest absolute Gasteiger partial charge is 0.396 e. The van der Waals surface area contributed by atoms with Crippen LogP contribution in [0.15, 0.2) is 0 Å². The highest BCUT2D eigenvalue weighted by Gasteiger charge is 2.09. The number of hydrogen-bond donors (Lipinski definition) is 1. The van der Waals surface area contributed by atoms with Gasteiger partial charge in [-0.25, -0.2) is 0 Å². The molecule has 0 saturated heterocycles. The lowest BCUT2D eigenvalue weighted by atomic mass is 10.2. The van der Waals surface area contributed by atoms with E-state index in [1.807, 2.05) is 6.79 Å². The Morgan fingerprint density at radius 1 is 1.27 bits per heavy atom. The summed E-state index contributed by atoms with van der Waals surface area (Å²) >= 11 is 0. The summed E-state index contributed by atoms with van der Waals surface area (Å²) in [4.78, 5) is 18.7. The van der Waals surface area contributed by atoms with E-state index in [2.05, 4.69) is 0 Å². The van der Waals surface area contributed by atoms with Crippen molar-refractivity contribution in [2.75, 3.05) is 13.7 Å². The van der Waals surface area contributed by atoms with Gasteiger partial charge in [0, 0.05) is 13.5 Å². The number of aliphatic hydroxyl groups excluding tert-OH is 1. The summed E-state index contributed by atoms with van der Waals surface area (Å²) in [5.41, 5.74) is 0. The molecule has 15 heavy (non-hydrogen) atoms. The number of Topliss-reactive ketones (excluding diaryl/α,β-unsaturated/α-hetero) is 1. The maximum Gasteiger partial charge on any atom is 0.163 e. The Morgan fingerprint density at radius 2 is 1.60 bits per heavy atom. The maximum absolute atomic E-state index is 10.7. The predicted octanol–water partition coefficient (Wildman–Crippen LogP) is 2.33. The molecule has 0 aromatic rings. The molecular weight excluding hydrogens is 196 g/mol. The summed E-state index contributed by atoms with van der Waals surface area (Å²) in [6.07, 6.45) is -0.188. The monoisotopic (exact) mass is 226 g/mol. The molecule has 0 aliphatic rings. The molecule has 0 amide bonds. The van der Waals surface area contributed by atoms with Gasteiger partial charge in [-0.3, -0.25) is 4.79 Å². The molecular formula is C11H30O4.